The van der Waals surface area contributed by atoms with Gasteiger partial charge in [-0.3, -0.25) is 0 Å². The van der Waals surface area contributed by atoms with E-state index in [-0.39, 0.29) is 0 Å². The average Bonchev–Trinajstić information content (AvgIpc) is 2.47. The maximum atomic E-state index is 11.7. The second-order valence-electron chi connectivity index (χ2n) is 5.03. The predicted molar refractivity (Wildman–Crippen MR) is 81.6 cm³/mol. The first-order chi connectivity index (χ1) is 9.59. The van der Waals surface area contributed by atoms with E-state index in [9.17, 15) is 4.79 Å². The summed E-state index contributed by atoms with van der Waals surface area (Å²) < 4.78 is 5.35. The van der Waals surface area contributed by atoms with Crippen molar-refractivity contribution in [2.45, 2.75) is 18.8 Å². The van der Waals surface area contributed by atoms with Gasteiger partial charge in [-0.2, -0.15) is 0 Å². The molecule has 3 heteroatoms. The van der Waals surface area contributed by atoms with Crippen molar-refractivity contribution in [2.24, 2.45) is 0 Å². The molecular formula is C17H17ClO2. The van der Waals surface area contributed by atoms with E-state index in [4.69, 9.17) is 16.3 Å². The zero-order valence-corrected chi connectivity index (χ0v) is 12.4. The van der Waals surface area contributed by atoms with Crippen molar-refractivity contribution in [3.8, 4) is 5.75 Å². The van der Waals surface area contributed by atoms with E-state index in [2.05, 4.69) is 0 Å². The molecule has 104 valence electrons. The number of carbonyl (C=O) groups is 1. The summed E-state index contributed by atoms with van der Waals surface area (Å²) in [5, 5.41) is 0.635. The highest BCUT2D eigenvalue weighted by Gasteiger charge is 2.28. The van der Waals surface area contributed by atoms with Crippen molar-refractivity contribution in [3.63, 3.8) is 0 Å². The molecular weight excluding hydrogens is 272 g/mol. The zero-order chi connectivity index (χ0) is 14.6. The number of para-hydroxylation sites is 1. The van der Waals surface area contributed by atoms with Crippen LogP contribution in [-0.2, 0) is 16.6 Å². The largest absolute Gasteiger partial charge is 0.496 e. The van der Waals surface area contributed by atoms with Crippen molar-refractivity contribution < 1.29 is 9.53 Å². The first-order valence-electron chi connectivity index (χ1n) is 6.43. The molecule has 0 saturated carbocycles. The van der Waals surface area contributed by atoms with Crippen LogP contribution >= 0.6 is 11.6 Å². The molecule has 0 bridgehead atoms. The van der Waals surface area contributed by atoms with E-state index >= 15 is 0 Å². The molecule has 0 amide bonds. The third kappa shape index (κ3) is 3.02. The van der Waals surface area contributed by atoms with Crippen molar-refractivity contribution in [1.29, 1.82) is 0 Å². The topological polar surface area (TPSA) is 26.3 Å². The zero-order valence-electron chi connectivity index (χ0n) is 11.6. The number of carbonyl (C=O) groups excluding carboxylic acids is 1. The van der Waals surface area contributed by atoms with Gasteiger partial charge < -0.3 is 9.53 Å². The minimum atomic E-state index is -0.625. The van der Waals surface area contributed by atoms with Gasteiger partial charge >= 0.3 is 0 Å². The standard InChI is InChI=1S/C17H17ClO2/c1-17(12-19,14-7-5-8-15(18)10-14)11-13-6-3-4-9-16(13)20-2/h3-10,12H,11H2,1-2H3. The molecule has 0 heterocycles. The van der Waals surface area contributed by atoms with Gasteiger partial charge in [0.1, 0.15) is 12.0 Å². The number of rotatable bonds is 5. The fourth-order valence-electron chi connectivity index (χ4n) is 2.30. The number of ether oxygens (including phenoxy) is 1. The third-order valence-electron chi connectivity index (χ3n) is 3.49. The van der Waals surface area contributed by atoms with Gasteiger partial charge in [-0.15, -0.1) is 0 Å². The number of hydrogen-bond donors (Lipinski definition) is 0. The maximum Gasteiger partial charge on any atom is 0.130 e. The van der Waals surface area contributed by atoms with Gasteiger partial charge in [0.15, 0.2) is 0 Å². The van der Waals surface area contributed by atoms with Gasteiger partial charge in [0.05, 0.1) is 12.5 Å². The fraction of sp³-hybridized carbons (Fsp3) is 0.235. The molecule has 0 saturated heterocycles. The van der Waals surface area contributed by atoms with E-state index < -0.39 is 5.41 Å². The van der Waals surface area contributed by atoms with E-state index in [0.717, 1.165) is 23.2 Å². The molecule has 0 aromatic heterocycles. The Morgan fingerprint density at radius 2 is 1.95 bits per heavy atom. The number of aldehydes is 1. The number of methoxy groups -OCH3 is 1. The second kappa shape index (κ2) is 6.10. The molecule has 0 N–H and O–H groups in total. The van der Waals surface area contributed by atoms with Gasteiger partial charge in [-0.25, -0.2) is 0 Å². The van der Waals surface area contributed by atoms with Crippen molar-refractivity contribution in [1.82, 2.24) is 0 Å². The van der Waals surface area contributed by atoms with Crippen LogP contribution in [0.5, 0.6) is 5.75 Å². The van der Waals surface area contributed by atoms with Crippen LogP contribution in [-0.4, -0.2) is 13.4 Å². The Hall–Kier alpha value is -1.80. The first-order valence-corrected chi connectivity index (χ1v) is 6.81. The molecule has 0 aliphatic carbocycles. The highest BCUT2D eigenvalue weighted by Crippen LogP contribution is 2.31. The Morgan fingerprint density at radius 1 is 1.20 bits per heavy atom. The lowest BCUT2D eigenvalue weighted by molar-refractivity contribution is -0.112. The van der Waals surface area contributed by atoms with Gasteiger partial charge in [-0.05, 0) is 42.7 Å². The van der Waals surface area contributed by atoms with Crippen LogP contribution in [0.1, 0.15) is 18.1 Å². The lowest BCUT2D eigenvalue weighted by Crippen LogP contribution is -2.27. The summed E-state index contributed by atoms with van der Waals surface area (Å²) >= 11 is 6.03. The molecule has 0 radical (unpaired) electrons. The third-order valence-corrected chi connectivity index (χ3v) is 3.73. The molecule has 0 spiro atoms. The SMILES string of the molecule is COc1ccccc1CC(C)(C=O)c1cccc(Cl)c1. The Morgan fingerprint density at radius 3 is 2.60 bits per heavy atom. The summed E-state index contributed by atoms with van der Waals surface area (Å²) in [6, 6.07) is 15.2. The lowest BCUT2D eigenvalue weighted by Gasteiger charge is -2.25. The van der Waals surface area contributed by atoms with Gasteiger partial charge in [-0.1, -0.05) is 41.9 Å². The monoisotopic (exact) mass is 288 g/mol. The fourth-order valence-corrected chi connectivity index (χ4v) is 2.49. The number of halogens is 1. The Labute approximate surface area is 124 Å². The van der Waals surface area contributed by atoms with Gasteiger partial charge in [0, 0.05) is 5.02 Å². The van der Waals surface area contributed by atoms with Crippen molar-refractivity contribution >= 4 is 17.9 Å². The van der Waals surface area contributed by atoms with E-state index in [1.54, 1.807) is 13.2 Å². The summed E-state index contributed by atoms with van der Waals surface area (Å²) in [5.41, 5.74) is 1.29. The molecule has 20 heavy (non-hydrogen) atoms. The van der Waals surface area contributed by atoms with Crippen LogP contribution in [0.15, 0.2) is 48.5 Å². The molecule has 1 unspecified atom stereocenters. The lowest BCUT2D eigenvalue weighted by atomic mass is 9.78. The number of hydrogen-bond acceptors (Lipinski definition) is 2. The summed E-state index contributed by atoms with van der Waals surface area (Å²) in [6.07, 6.45) is 1.55. The quantitative estimate of drug-likeness (QED) is 0.776. The molecule has 2 aromatic carbocycles. The molecule has 0 fully saturated rings. The van der Waals surface area contributed by atoms with Crippen LogP contribution in [0.25, 0.3) is 0 Å². The van der Waals surface area contributed by atoms with E-state index in [1.165, 1.54) is 0 Å². The van der Waals surface area contributed by atoms with Crippen molar-refractivity contribution in [2.75, 3.05) is 7.11 Å². The van der Waals surface area contributed by atoms with E-state index in [0.29, 0.717) is 11.4 Å². The number of benzene rings is 2. The Kier molecular flexibility index (Phi) is 4.46. The van der Waals surface area contributed by atoms with Crippen LogP contribution < -0.4 is 4.74 Å². The smallest absolute Gasteiger partial charge is 0.130 e. The molecule has 1 atom stereocenters. The highest BCUT2D eigenvalue weighted by molar-refractivity contribution is 6.30. The maximum absolute atomic E-state index is 11.7. The highest BCUT2D eigenvalue weighted by atomic mass is 35.5. The van der Waals surface area contributed by atoms with E-state index in [1.807, 2.05) is 49.4 Å². The molecule has 0 aliphatic rings. The van der Waals surface area contributed by atoms with Gasteiger partial charge in [0.2, 0.25) is 0 Å². The predicted octanol–water partition coefficient (Wildman–Crippen LogP) is 4.05. The summed E-state index contributed by atoms with van der Waals surface area (Å²) in [4.78, 5) is 11.7. The molecule has 2 rings (SSSR count). The normalized spacial score (nSPS) is 13.6. The minimum Gasteiger partial charge on any atom is -0.496 e. The Balaban J connectivity index is 2.39. The average molecular weight is 289 g/mol. The Bertz CT molecular complexity index is 609. The minimum absolute atomic E-state index is 0.570. The van der Waals surface area contributed by atoms with Crippen molar-refractivity contribution in [3.05, 3.63) is 64.7 Å². The summed E-state index contributed by atoms with van der Waals surface area (Å²) in [7, 11) is 1.64. The summed E-state index contributed by atoms with van der Waals surface area (Å²) in [6.45, 7) is 1.91. The van der Waals surface area contributed by atoms with Gasteiger partial charge in [0.25, 0.3) is 0 Å². The molecule has 0 aliphatic heterocycles. The molecule has 2 aromatic rings. The van der Waals surface area contributed by atoms with Crippen LogP contribution in [0.3, 0.4) is 0 Å². The molecule has 2 nitrogen and oxygen atoms in total. The van der Waals surface area contributed by atoms with Crippen LogP contribution in [0.4, 0.5) is 0 Å². The second-order valence-corrected chi connectivity index (χ2v) is 5.47. The first kappa shape index (κ1) is 14.6. The summed E-state index contributed by atoms with van der Waals surface area (Å²) in [5.74, 6) is 0.794. The van der Waals surface area contributed by atoms with Crippen LogP contribution in [0.2, 0.25) is 5.02 Å². The van der Waals surface area contributed by atoms with Crippen LogP contribution in [0, 0.1) is 0 Å².